The van der Waals surface area contributed by atoms with Crippen LogP contribution in [0.15, 0.2) is 47.7 Å². The molecule has 1 aromatic rings. The molecular weight excluding hydrogens is 344 g/mol. The second kappa shape index (κ2) is 7.09. The van der Waals surface area contributed by atoms with Crippen LogP contribution in [0, 0.1) is 18.8 Å². The number of ether oxygens (including phenoxy) is 1. The van der Waals surface area contributed by atoms with E-state index in [4.69, 9.17) is 4.74 Å². The Bertz CT molecular complexity index is 695. The van der Waals surface area contributed by atoms with Crippen LogP contribution in [0.5, 0.6) is 0 Å². The van der Waals surface area contributed by atoms with Gasteiger partial charge in [0.15, 0.2) is 5.76 Å². The molecule has 0 unspecified atom stereocenters. The zero-order chi connectivity index (χ0) is 18.9. The Labute approximate surface area is 151 Å². The zero-order valence-electron chi connectivity index (χ0n) is 15.1. The number of hydrogen-bond acceptors (Lipinski definition) is 1. The van der Waals surface area contributed by atoms with Crippen LogP contribution in [-0.4, -0.2) is 11.8 Å². The smallest absolute Gasteiger partial charge is 0.370 e. The SMILES string of the molecule is Cc1ccc(COC2=CC=C(C3CCC(C)CC3)C(F)(F)C2(F)F)cc1. The van der Waals surface area contributed by atoms with Crippen LogP contribution in [0.4, 0.5) is 17.6 Å². The van der Waals surface area contributed by atoms with Gasteiger partial charge in [-0.25, -0.2) is 0 Å². The lowest BCUT2D eigenvalue weighted by atomic mass is 9.75. The molecule has 3 rings (SSSR count). The molecule has 142 valence electrons. The first kappa shape index (κ1) is 19.0. The van der Waals surface area contributed by atoms with Gasteiger partial charge in [-0.2, -0.15) is 17.6 Å². The van der Waals surface area contributed by atoms with Gasteiger partial charge in [0, 0.05) is 5.57 Å². The standard InChI is InChI=1S/C21H24F4O/c1-14-3-7-16(8-4-14)13-26-19-12-11-18(20(22,23)21(19,24)25)17-9-5-15(2)6-10-17/h3-4,7-8,11-12,15,17H,5-6,9-10,13H2,1-2H3. The van der Waals surface area contributed by atoms with Crippen LogP contribution < -0.4 is 0 Å². The van der Waals surface area contributed by atoms with Gasteiger partial charge in [-0.1, -0.05) is 55.7 Å². The number of hydrogen-bond donors (Lipinski definition) is 0. The quantitative estimate of drug-likeness (QED) is 0.556. The van der Waals surface area contributed by atoms with E-state index in [-0.39, 0.29) is 6.61 Å². The molecule has 26 heavy (non-hydrogen) atoms. The van der Waals surface area contributed by atoms with E-state index in [1.54, 1.807) is 12.1 Å². The Morgan fingerprint density at radius 3 is 2.15 bits per heavy atom. The highest BCUT2D eigenvalue weighted by atomic mass is 19.3. The van der Waals surface area contributed by atoms with Crippen LogP contribution in [0.1, 0.15) is 43.7 Å². The maximum atomic E-state index is 14.6. The minimum atomic E-state index is -4.33. The summed E-state index contributed by atoms with van der Waals surface area (Å²) in [5.74, 6) is -9.52. The van der Waals surface area contributed by atoms with E-state index in [9.17, 15) is 17.6 Å². The summed E-state index contributed by atoms with van der Waals surface area (Å²) in [4.78, 5) is 0. The maximum absolute atomic E-state index is 14.6. The van der Waals surface area contributed by atoms with Crippen LogP contribution in [0.25, 0.3) is 0 Å². The number of halogens is 4. The van der Waals surface area contributed by atoms with Crippen molar-refractivity contribution in [2.24, 2.45) is 11.8 Å². The summed E-state index contributed by atoms with van der Waals surface area (Å²) in [6.45, 7) is 3.80. The maximum Gasteiger partial charge on any atom is 0.370 e. The zero-order valence-corrected chi connectivity index (χ0v) is 15.1. The fourth-order valence-corrected chi connectivity index (χ4v) is 3.66. The number of aryl methyl sites for hydroxylation is 1. The van der Waals surface area contributed by atoms with E-state index in [1.807, 2.05) is 19.1 Å². The van der Waals surface area contributed by atoms with Gasteiger partial charge in [-0.15, -0.1) is 0 Å². The van der Waals surface area contributed by atoms with Crippen molar-refractivity contribution in [2.75, 3.05) is 0 Å². The van der Waals surface area contributed by atoms with Gasteiger partial charge in [0.25, 0.3) is 0 Å². The van der Waals surface area contributed by atoms with Crippen LogP contribution >= 0.6 is 0 Å². The fraction of sp³-hybridized carbons (Fsp3) is 0.524. The van der Waals surface area contributed by atoms with Crippen LogP contribution in [-0.2, 0) is 11.3 Å². The molecule has 0 aromatic heterocycles. The minimum absolute atomic E-state index is 0.165. The van der Waals surface area contributed by atoms with Crippen LogP contribution in [0.3, 0.4) is 0 Å². The molecule has 0 bridgehead atoms. The van der Waals surface area contributed by atoms with E-state index in [1.165, 1.54) is 0 Å². The first-order valence-electron chi connectivity index (χ1n) is 9.08. The van der Waals surface area contributed by atoms with E-state index in [0.717, 1.165) is 30.6 Å². The first-order chi connectivity index (χ1) is 12.2. The van der Waals surface area contributed by atoms with Crippen molar-refractivity contribution in [3.63, 3.8) is 0 Å². The molecule has 0 atom stereocenters. The van der Waals surface area contributed by atoms with Crippen molar-refractivity contribution < 1.29 is 22.3 Å². The molecule has 5 heteroatoms. The largest absolute Gasteiger partial charge is 0.487 e. The Kier molecular flexibility index (Phi) is 5.18. The van der Waals surface area contributed by atoms with Gasteiger partial charge in [0.05, 0.1) is 0 Å². The highest BCUT2D eigenvalue weighted by molar-refractivity contribution is 5.37. The molecule has 0 aliphatic heterocycles. The molecule has 0 heterocycles. The van der Waals surface area contributed by atoms with Crippen molar-refractivity contribution in [1.82, 2.24) is 0 Å². The van der Waals surface area contributed by atoms with E-state index < -0.39 is 29.1 Å². The fourth-order valence-electron chi connectivity index (χ4n) is 3.66. The van der Waals surface area contributed by atoms with Crippen molar-refractivity contribution in [1.29, 1.82) is 0 Å². The number of benzene rings is 1. The second-order valence-electron chi connectivity index (χ2n) is 7.53. The number of alkyl halides is 4. The highest BCUT2D eigenvalue weighted by Gasteiger charge is 2.64. The Hall–Kier alpha value is -1.78. The normalized spacial score (nSPS) is 27.5. The van der Waals surface area contributed by atoms with E-state index >= 15 is 0 Å². The van der Waals surface area contributed by atoms with Crippen molar-refractivity contribution in [3.05, 3.63) is 58.9 Å². The lowest BCUT2D eigenvalue weighted by Gasteiger charge is -2.38. The Morgan fingerprint density at radius 2 is 1.54 bits per heavy atom. The van der Waals surface area contributed by atoms with Crippen molar-refractivity contribution >= 4 is 0 Å². The molecule has 1 aromatic carbocycles. The second-order valence-corrected chi connectivity index (χ2v) is 7.53. The average Bonchev–Trinajstić information content (AvgIpc) is 2.59. The van der Waals surface area contributed by atoms with Gasteiger partial charge < -0.3 is 4.74 Å². The predicted molar refractivity (Wildman–Crippen MR) is 93.2 cm³/mol. The predicted octanol–water partition coefficient (Wildman–Crippen LogP) is 6.43. The molecule has 0 amide bonds. The Morgan fingerprint density at radius 1 is 0.923 bits per heavy atom. The van der Waals surface area contributed by atoms with E-state index in [0.29, 0.717) is 24.3 Å². The third-order valence-electron chi connectivity index (χ3n) is 5.45. The third-order valence-corrected chi connectivity index (χ3v) is 5.45. The topological polar surface area (TPSA) is 9.23 Å². The summed E-state index contributed by atoms with van der Waals surface area (Å²) in [6, 6.07) is 7.12. The first-order valence-corrected chi connectivity index (χ1v) is 9.08. The summed E-state index contributed by atoms with van der Waals surface area (Å²) in [6.07, 6.45) is 4.84. The monoisotopic (exact) mass is 368 g/mol. The number of rotatable bonds is 4. The van der Waals surface area contributed by atoms with Crippen molar-refractivity contribution in [3.8, 4) is 0 Å². The molecule has 0 radical (unpaired) electrons. The summed E-state index contributed by atoms with van der Waals surface area (Å²) in [5, 5.41) is 0. The lowest BCUT2D eigenvalue weighted by Crippen LogP contribution is -2.48. The van der Waals surface area contributed by atoms with Gasteiger partial charge in [-0.05, 0) is 43.2 Å². The summed E-state index contributed by atoms with van der Waals surface area (Å²) >= 11 is 0. The average molecular weight is 368 g/mol. The molecule has 2 aliphatic rings. The molecule has 1 nitrogen and oxygen atoms in total. The molecule has 0 spiro atoms. The van der Waals surface area contributed by atoms with Crippen LogP contribution in [0.2, 0.25) is 0 Å². The van der Waals surface area contributed by atoms with Gasteiger partial charge >= 0.3 is 11.8 Å². The molecule has 2 aliphatic carbocycles. The third kappa shape index (κ3) is 3.53. The van der Waals surface area contributed by atoms with Gasteiger partial charge in [0.2, 0.25) is 0 Å². The summed E-state index contributed by atoms with van der Waals surface area (Å²) in [5.41, 5.74) is 1.24. The highest BCUT2D eigenvalue weighted by Crippen LogP contribution is 2.52. The summed E-state index contributed by atoms with van der Waals surface area (Å²) in [7, 11) is 0. The van der Waals surface area contributed by atoms with Crippen molar-refractivity contribution in [2.45, 2.75) is 58.0 Å². The minimum Gasteiger partial charge on any atom is -0.487 e. The van der Waals surface area contributed by atoms with E-state index in [2.05, 4.69) is 6.92 Å². The molecule has 0 N–H and O–H groups in total. The molecular formula is C21H24F4O. The van der Waals surface area contributed by atoms with Gasteiger partial charge in [-0.3, -0.25) is 0 Å². The molecule has 1 fully saturated rings. The number of allylic oxidation sites excluding steroid dienone is 4. The lowest BCUT2D eigenvalue weighted by molar-refractivity contribution is -0.191. The summed E-state index contributed by atoms with van der Waals surface area (Å²) < 4.78 is 63.4. The Balaban J connectivity index is 1.78. The molecule has 0 saturated heterocycles. The molecule has 1 saturated carbocycles. The van der Waals surface area contributed by atoms with Gasteiger partial charge in [0.1, 0.15) is 6.61 Å².